The molecule has 3 rings (SSSR count). The highest BCUT2D eigenvalue weighted by Crippen LogP contribution is 2.35. The number of fused-ring (bicyclic) bond motifs is 1. The van der Waals surface area contributed by atoms with E-state index < -0.39 is 0 Å². The molecule has 0 radical (unpaired) electrons. The third-order valence-electron chi connectivity index (χ3n) is 5.25. The summed E-state index contributed by atoms with van der Waals surface area (Å²) < 4.78 is 0. The van der Waals surface area contributed by atoms with E-state index in [1.807, 2.05) is 24.3 Å². The normalized spacial score (nSPS) is 16.0. The second-order valence-electron chi connectivity index (χ2n) is 7.12. The average Bonchev–Trinajstić information content (AvgIpc) is 2.63. The highest BCUT2D eigenvalue weighted by Gasteiger charge is 2.19. The van der Waals surface area contributed by atoms with Gasteiger partial charge in [0, 0.05) is 16.3 Å². The van der Waals surface area contributed by atoms with Crippen LogP contribution in [0.25, 0.3) is 11.1 Å². The number of aromatic nitrogens is 1. The molecule has 0 aliphatic heterocycles. The highest BCUT2D eigenvalue weighted by atomic mass is 35.5. The minimum absolute atomic E-state index is 0.350. The van der Waals surface area contributed by atoms with Crippen molar-refractivity contribution in [2.75, 3.05) is 5.73 Å². The summed E-state index contributed by atoms with van der Waals surface area (Å²) >= 11 is 6.07. The highest BCUT2D eigenvalue weighted by molar-refractivity contribution is 6.30. The Kier molecular flexibility index (Phi) is 6.52. The fourth-order valence-electron chi connectivity index (χ4n) is 3.87. The number of nitriles is 1. The first-order valence-electron chi connectivity index (χ1n) is 9.68. The minimum Gasteiger partial charge on any atom is -0.383 e. The summed E-state index contributed by atoms with van der Waals surface area (Å²) in [6.45, 7) is 0. The molecule has 0 spiro atoms. The predicted molar refractivity (Wildman–Crippen MR) is 108 cm³/mol. The fourth-order valence-corrected chi connectivity index (χ4v) is 4.00. The largest absolute Gasteiger partial charge is 0.383 e. The second kappa shape index (κ2) is 9.05. The molecular weight excluding hydrogens is 342 g/mol. The smallest absolute Gasteiger partial charge is 0.142 e. The number of anilines is 1. The molecule has 0 atom stereocenters. The van der Waals surface area contributed by atoms with Gasteiger partial charge in [-0.15, -0.1) is 0 Å². The molecule has 1 aromatic heterocycles. The van der Waals surface area contributed by atoms with Crippen LogP contribution >= 0.6 is 11.6 Å². The van der Waals surface area contributed by atoms with Gasteiger partial charge in [-0.25, -0.2) is 4.98 Å². The van der Waals surface area contributed by atoms with Crippen LogP contribution in [0.3, 0.4) is 0 Å². The Labute approximate surface area is 161 Å². The van der Waals surface area contributed by atoms with E-state index in [1.165, 1.54) is 44.1 Å². The van der Waals surface area contributed by atoms with Gasteiger partial charge in [0.15, 0.2) is 0 Å². The topological polar surface area (TPSA) is 62.7 Å². The van der Waals surface area contributed by atoms with Crippen molar-refractivity contribution in [1.29, 1.82) is 5.26 Å². The summed E-state index contributed by atoms with van der Waals surface area (Å²) in [5.74, 6) is 0.350. The van der Waals surface area contributed by atoms with Gasteiger partial charge >= 0.3 is 0 Å². The standard InChI is InChI=1S/C22H26ClN3/c23-17-13-11-16(12-14-17)21-18-9-7-5-3-1-2-4-6-8-10-20(18)26-22(25)19(21)15-24/h11-14H,1-10H2,(H2,25,26). The van der Waals surface area contributed by atoms with E-state index in [-0.39, 0.29) is 0 Å². The summed E-state index contributed by atoms with van der Waals surface area (Å²) in [6, 6.07) is 10.00. The Morgan fingerprint density at radius 1 is 0.885 bits per heavy atom. The van der Waals surface area contributed by atoms with Crippen LogP contribution in [-0.4, -0.2) is 4.98 Å². The lowest BCUT2D eigenvalue weighted by atomic mass is 9.89. The molecule has 0 fully saturated rings. The van der Waals surface area contributed by atoms with Gasteiger partial charge in [0.2, 0.25) is 0 Å². The number of nitrogens with two attached hydrogens (primary N) is 1. The lowest BCUT2D eigenvalue weighted by Gasteiger charge is -2.18. The maximum Gasteiger partial charge on any atom is 0.142 e. The average molecular weight is 368 g/mol. The lowest BCUT2D eigenvalue weighted by Crippen LogP contribution is -2.09. The van der Waals surface area contributed by atoms with Crippen molar-refractivity contribution in [2.24, 2.45) is 0 Å². The number of hydrogen-bond donors (Lipinski definition) is 1. The zero-order valence-electron chi connectivity index (χ0n) is 15.2. The van der Waals surface area contributed by atoms with Crippen molar-refractivity contribution >= 4 is 17.4 Å². The number of nitrogen functional groups attached to an aromatic ring is 1. The molecule has 1 aliphatic rings. The molecule has 2 N–H and O–H groups in total. The van der Waals surface area contributed by atoms with Gasteiger partial charge in [-0.1, -0.05) is 62.3 Å². The van der Waals surface area contributed by atoms with Gasteiger partial charge < -0.3 is 5.73 Å². The quantitative estimate of drug-likeness (QED) is 0.664. The van der Waals surface area contributed by atoms with Crippen LogP contribution in [0.4, 0.5) is 5.82 Å². The van der Waals surface area contributed by atoms with Crippen molar-refractivity contribution in [3.05, 3.63) is 46.1 Å². The first-order chi connectivity index (χ1) is 12.7. The summed E-state index contributed by atoms with van der Waals surface area (Å²) in [6.07, 6.45) is 11.9. The molecule has 136 valence electrons. The number of nitrogens with zero attached hydrogens (tertiary/aromatic N) is 2. The van der Waals surface area contributed by atoms with Crippen molar-refractivity contribution in [2.45, 2.75) is 64.2 Å². The van der Waals surface area contributed by atoms with Crippen LogP contribution in [0.15, 0.2) is 24.3 Å². The van der Waals surface area contributed by atoms with Crippen LogP contribution in [0, 0.1) is 11.3 Å². The third-order valence-corrected chi connectivity index (χ3v) is 5.50. The fraction of sp³-hybridized carbons (Fsp3) is 0.455. The first kappa shape index (κ1) is 18.7. The second-order valence-corrected chi connectivity index (χ2v) is 7.56. The summed E-state index contributed by atoms with van der Waals surface area (Å²) in [5.41, 5.74) is 10.9. The number of pyridine rings is 1. The van der Waals surface area contributed by atoms with E-state index in [2.05, 4.69) is 11.1 Å². The molecule has 1 aliphatic carbocycles. The van der Waals surface area contributed by atoms with E-state index in [9.17, 15) is 5.26 Å². The Bertz CT molecular complexity index is 791. The Morgan fingerprint density at radius 3 is 2.08 bits per heavy atom. The molecule has 0 saturated heterocycles. The van der Waals surface area contributed by atoms with E-state index in [1.54, 1.807) is 0 Å². The number of benzene rings is 1. The molecule has 4 heteroatoms. The van der Waals surface area contributed by atoms with Crippen LogP contribution in [0.2, 0.25) is 5.02 Å². The van der Waals surface area contributed by atoms with E-state index in [4.69, 9.17) is 17.3 Å². The van der Waals surface area contributed by atoms with Gasteiger partial charge in [0.05, 0.1) is 0 Å². The van der Waals surface area contributed by atoms with Crippen molar-refractivity contribution in [3.63, 3.8) is 0 Å². The van der Waals surface area contributed by atoms with Crippen LogP contribution < -0.4 is 5.73 Å². The van der Waals surface area contributed by atoms with Crippen molar-refractivity contribution in [1.82, 2.24) is 4.98 Å². The van der Waals surface area contributed by atoms with Crippen molar-refractivity contribution in [3.8, 4) is 17.2 Å². The van der Waals surface area contributed by atoms with Gasteiger partial charge in [0.25, 0.3) is 0 Å². The minimum atomic E-state index is 0.350. The number of halogens is 1. The van der Waals surface area contributed by atoms with Gasteiger partial charge in [-0.2, -0.15) is 5.26 Å². The molecule has 0 bridgehead atoms. The number of hydrogen-bond acceptors (Lipinski definition) is 3. The zero-order chi connectivity index (χ0) is 18.4. The third kappa shape index (κ3) is 4.37. The molecular formula is C22H26ClN3. The maximum atomic E-state index is 9.73. The van der Waals surface area contributed by atoms with Gasteiger partial charge in [0.1, 0.15) is 17.5 Å². The molecule has 2 aromatic rings. The van der Waals surface area contributed by atoms with Crippen LogP contribution in [-0.2, 0) is 12.8 Å². The van der Waals surface area contributed by atoms with Gasteiger partial charge in [-0.3, -0.25) is 0 Å². The molecule has 0 saturated carbocycles. The SMILES string of the molecule is N#Cc1c(N)nc2c(c1-c1ccc(Cl)cc1)CCCCCCCCCC2. The molecule has 3 nitrogen and oxygen atoms in total. The summed E-state index contributed by atoms with van der Waals surface area (Å²) in [4.78, 5) is 4.65. The number of aryl methyl sites for hydroxylation is 1. The molecule has 1 aromatic carbocycles. The molecule has 1 heterocycles. The number of rotatable bonds is 1. The van der Waals surface area contributed by atoms with Crippen LogP contribution in [0.1, 0.15) is 68.2 Å². The summed E-state index contributed by atoms with van der Waals surface area (Å²) in [7, 11) is 0. The lowest BCUT2D eigenvalue weighted by molar-refractivity contribution is 0.557. The van der Waals surface area contributed by atoms with E-state index in [0.29, 0.717) is 16.4 Å². The predicted octanol–water partition coefficient (Wildman–Crippen LogP) is 6.08. The molecule has 0 amide bonds. The van der Waals surface area contributed by atoms with E-state index >= 15 is 0 Å². The van der Waals surface area contributed by atoms with E-state index in [0.717, 1.165) is 42.5 Å². The Morgan fingerprint density at radius 2 is 1.46 bits per heavy atom. The molecule has 0 unspecified atom stereocenters. The molecule has 26 heavy (non-hydrogen) atoms. The monoisotopic (exact) mass is 367 g/mol. The maximum absolute atomic E-state index is 9.73. The first-order valence-corrected chi connectivity index (χ1v) is 10.1. The summed E-state index contributed by atoms with van der Waals surface area (Å²) in [5, 5.41) is 10.4. The Balaban J connectivity index is 2.10. The van der Waals surface area contributed by atoms with Crippen LogP contribution in [0.5, 0.6) is 0 Å². The Hall–Kier alpha value is -2.05. The zero-order valence-corrected chi connectivity index (χ0v) is 16.0. The van der Waals surface area contributed by atoms with Gasteiger partial charge in [-0.05, 0) is 48.9 Å². The van der Waals surface area contributed by atoms with Crippen molar-refractivity contribution < 1.29 is 0 Å².